The molecule has 0 aromatic carbocycles. The zero-order valence-electron chi connectivity index (χ0n) is 6.39. The fourth-order valence-corrected chi connectivity index (χ4v) is 1.29. The zero-order valence-corrected chi connectivity index (χ0v) is 6.39. The first-order chi connectivity index (χ1) is 5.14. The molecule has 1 aliphatic heterocycles. The first-order valence-corrected chi connectivity index (χ1v) is 3.85. The minimum atomic E-state index is -2.49. The third-order valence-electron chi connectivity index (χ3n) is 1.88. The summed E-state index contributed by atoms with van der Waals surface area (Å²) in [5.41, 5.74) is 0. The summed E-state index contributed by atoms with van der Waals surface area (Å²) in [6, 6.07) is 0. The molecule has 11 heavy (non-hydrogen) atoms. The Morgan fingerprint density at radius 3 is 2.64 bits per heavy atom. The summed E-state index contributed by atoms with van der Waals surface area (Å²) in [5, 5.41) is 8.44. The van der Waals surface area contributed by atoms with Gasteiger partial charge in [0.2, 0.25) is 0 Å². The van der Waals surface area contributed by atoms with Crippen molar-refractivity contribution in [3.63, 3.8) is 0 Å². The molecule has 4 heteroatoms. The lowest BCUT2D eigenvalue weighted by Gasteiger charge is -2.13. The second-order valence-corrected chi connectivity index (χ2v) is 2.96. The first-order valence-electron chi connectivity index (χ1n) is 3.85. The van der Waals surface area contributed by atoms with Gasteiger partial charge in [-0.1, -0.05) is 0 Å². The van der Waals surface area contributed by atoms with Gasteiger partial charge in [0.15, 0.2) is 0 Å². The van der Waals surface area contributed by atoms with Crippen molar-refractivity contribution in [2.75, 3.05) is 26.2 Å². The van der Waals surface area contributed by atoms with Crippen molar-refractivity contribution >= 4 is 0 Å². The quantitative estimate of drug-likeness (QED) is 0.665. The minimum absolute atomic E-state index is 0.0293. The summed E-state index contributed by atoms with van der Waals surface area (Å²) >= 11 is 0. The van der Waals surface area contributed by atoms with E-state index in [0.717, 1.165) is 0 Å². The average molecular weight is 165 g/mol. The molecule has 2 nitrogen and oxygen atoms in total. The van der Waals surface area contributed by atoms with Gasteiger partial charge in [-0.05, 0) is 6.42 Å². The van der Waals surface area contributed by atoms with Gasteiger partial charge >= 0.3 is 0 Å². The lowest BCUT2D eigenvalue weighted by Crippen LogP contribution is -2.26. The summed E-state index contributed by atoms with van der Waals surface area (Å²) in [6.07, 6.45) is 0.564. The third kappa shape index (κ3) is 2.71. The Bertz CT molecular complexity index is 130. The Morgan fingerprint density at radius 1 is 1.45 bits per heavy atom. The van der Waals surface area contributed by atoms with Gasteiger partial charge in [-0.3, -0.25) is 4.90 Å². The maximum absolute atomic E-state index is 12.5. The van der Waals surface area contributed by atoms with E-state index in [1.165, 1.54) is 0 Å². The summed E-state index contributed by atoms with van der Waals surface area (Å²) < 4.78 is 25.0. The van der Waals surface area contributed by atoms with Crippen LogP contribution in [0.3, 0.4) is 0 Å². The third-order valence-corrected chi connectivity index (χ3v) is 1.88. The molecule has 0 aromatic rings. The van der Waals surface area contributed by atoms with Crippen molar-refractivity contribution in [3.05, 3.63) is 0 Å². The number of aliphatic hydroxyl groups excluding tert-OH is 1. The molecule has 0 unspecified atom stereocenters. The molecule has 0 atom stereocenters. The molecule has 0 aliphatic carbocycles. The molecule has 0 spiro atoms. The first kappa shape index (κ1) is 8.87. The van der Waals surface area contributed by atoms with E-state index in [2.05, 4.69) is 0 Å². The van der Waals surface area contributed by atoms with Gasteiger partial charge in [-0.15, -0.1) is 0 Å². The molecule has 0 radical (unpaired) electrons. The molecule has 1 fully saturated rings. The topological polar surface area (TPSA) is 23.5 Å². The van der Waals surface area contributed by atoms with E-state index in [0.29, 0.717) is 19.5 Å². The van der Waals surface area contributed by atoms with Gasteiger partial charge in [-0.2, -0.15) is 0 Å². The lowest BCUT2D eigenvalue weighted by molar-refractivity contribution is 0.0118. The van der Waals surface area contributed by atoms with Gasteiger partial charge in [-0.25, -0.2) is 8.78 Å². The van der Waals surface area contributed by atoms with Crippen molar-refractivity contribution in [2.45, 2.75) is 18.8 Å². The molecule has 0 saturated carbocycles. The van der Waals surface area contributed by atoms with Crippen molar-refractivity contribution in [3.8, 4) is 0 Å². The van der Waals surface area contributed by atoms with E-state index in [9.17, 15) is 8.78 Å². The molecule has 0 amide bonds. The van der Waals surface area contributed by atoms with E-state index in [1.807, 2.05) is 0 Å². The lowest BCUT2D eigenvalue weighted by atomic mass is 10.3. The molecular formula is C7H13F2NO. The minimum Gasteiger partial charge on any atom is -0.396 e. The van der Waals surface area contributed by atoms with E-state index in [4.69, 9.17) is 5.11 Å². The monoisotopic (exact) mass is 165 g/mol. The summed E-state index contributed by atoms with van der Waals surface area (Å²) in [4.78, 5) is 1.69. The van der Waals surface area contributed by atoms with Gasteiger partial charge in [0.25, 0.3) is 5.92 Å². The molecule has 1 saturated heterocycles. The number of alkyl halides is 2. The maximum Gasteiger partial charge on any atom is 0.261 e. The van der Waals surface area contributed by atoms with Crippen LogP contribution < -0.4 is 0 Å². The SMILES string of the molecule is OCCCN1CCC(F)(F)C1. The van der Waals surface area contributed by atoms with Crippen LogP contribution in [0.1, 0.15) is 12.8 Å². The van der Waals surface area contributed by atoms with Crippen LogP contribution in [0.4, 0.5) is 8.78 Å². The van der Waals surface area contributed by atoms with Crippen molar-refractivity contribution in [1.82, 2.24) is 4.90 Å². The highest BCUT2D eigenvalue weighted by atomic mass is 19.3. The summed E-state index contributed by atoms with van der Waals surface area (Å²) in [5.74, 6) is -2.49. The Labute approximate surface area is 64.8 Å². The van der Waals surface area contributed by atoms with Crippen LogP contribution in [-0.4, -0.2) is 42.2 Å². The molecule has 1 rings (SSSR count). The average Bonchev–Trinajstić information content (AvgIpc) is 2.26. The zero-order chi connectivity index (χ0) is 8.32. The standard InChI is InChI=1S/C7H13F2NO/c8-7(9)2-4-10(6-7)3-1-5-11/h11H,1-6H2. The summed E-state index contributed by atoms with van der Waals surface area (Å²) in [7, 11) is 0. The molecule has 1 heterocycles. The molecule has 0 bridgehead atoms. The number of halogens is 2. The smallest absolute Gasteiger partial charge is 0.261 e. The van der Waals surface area contributed by atoms with Crippen molar-refractivity contribution in [1.29, 1.82) is 0 Å². The predicted molar refractivity (Wildman–Crippen MR) is 37.7 cm³/mol. The van der Waals surface area contributed by atoms with E-state index in [1.54, 1.807) is 4.90 Å². The van der Waals surface area contributed by atoms with E-state index < -0.39 is 5.92 Å². The molecular weight excluding hydrogens is 152 g/mol. The van der Waals surface area contributed by atoms with Crippen LogP contribution in [0, 0.1) is 0 Å². The second kappa shape index (κ2) is 3.45. The number of nitrogens with zero attached hydrogens (tertiary/aromatic N) is 1. The highest BCUT2D eigenvalue weighted by molar-refractivity contribution is 4.81. The van der Waals surface area contributed by atoms with Gasteiger partial charge in [0.1, 0.15) is 0 Å². The molecule has 1 N–H and O–H groups in total. The maximum atomic E-state index is 12.5. The van der Waals surface area contributed by atoms with E-state index in [-0.39, 0.29) is 19.6 Å². The number of hydrogen-bond acceptors (Lipinski definition) is 2. The number of rotatable bonds is 3. The van der Waals surface area contributed by atoms with Crippen LogP contribution in [0.15, 0.2) is 0 Å². The highest BCUT2D eigenvalue weighted by Gasteiger charge is 2.37. The Hall–Kier alpha value is -0.220. The Kier molecular flexibility index (Phi) is 2.78. The summed E-state index contributed by atoms with van der Waals surface area (Å²) in [6.45, 7) is 1.01. The molecule has 66 valence electrons. The normalized spacial score (nSPS) is 24.3. The fraction of sp³-hybridized carbons (Fsp3) is 1.00. The Balaban J connectivity index is 2.20. The Morgan fingerprint density at radius 2 is 2.18 bits per heavy atom. The number of hydrogen-bond donors (Lipinski definition) is 1. The van der Waals surface area contributed by atoms with Crippen LogP contribution >= 0.6 is 0 Å². The molecule has 0 aromatic heterocycles. The number of aliphatic hydroxyl groups is 1. The van der Waals surface area contributed by atoms with Crippen LogP contribution in [0.25, 0.3) is 0 Å². The van der Waals surface area contributed by atoms with Crippen LogP contribution in [0.5, 0.6) is 0 Å². The van der Waals surface area contributed by atoms with Gasteiger partial charge in [0, 0.05) is 26.1 Å². The fourth-order valence-electron chi connectivity index (χ4n) is 1.29. The largest absolute Gasteiger partial charge is 0.396 e. The van der Waals surface area contributed by atoms with Gasteiger partial charge < -0.3 is 5.11 Å². The van der Waals surface area contributed by atoms with Crippen molar-refractivity contribution in [2.24, 2.45) is 0 Å². The second-order valence-electron chi connectivity index (χ2n) is 2.96. The highest BCUT2D eigenvalue weighted by Crippen LogP contribution is 2.26. The van der Waals surface area contributed by atoms with Crippen LogP contribution in [-0.2, 0) is 0 Å². The van der Waals surface area contributed by atoms with Gasteiger partial charge in [0.05, 0.1) is 6.54 Å². The molecule has 1 aliphatic rings. The predicted octanol–water partition coefficient (Wildman–Crippen LogP) is 0.710. The van der Waals surface area contributed by atoms with E-state index >= 15 is 0 Å². The van der Waals surface area contributed by atoms with Crippen molar-refractivity contribution < 1.29 is 13.9 Å². The van der Waals surface area contributed by atoms with Crippen LogP contribution in [0.2, 0.25) is 0 Å². The number of likely N-dealkylation sites (tertiary alicyclic amines) is 1.